The first-order valence-corrected chi connectivity index (χ1v) is 4.73. The predicted octanol–water partition coefficient (Wildman–Crippen LogP) is 3.55. The molecule has 0 aromatic rings. The number of hydrogen-bond donors (Lipinski definition) is 1. The Hall–Kier alpha value is -0.0400. The Morgan fingerprint density at radius 3 is 0.833 bits per heavy atom. The largest absolute Gasteiger partial charge is 0.323 e. The highest BCUT2D eigenvalue weighted by atomic mass is 14.7. The zero-order chi connectivity index (χ0) is 10.8. The maximum Gasteiger partial charge on any atom is -0.0167 e. The molecule has 0 unspecified atom stereocenters. The maximum atomic E-state index is 2.75. The molecule has 0 amide bonds. The van der Waals surface area contributed by atoms with E-state index in [1.165, 1.54) is 0 Å². The molecule has 0 bridgehead atoms. The van der Waals surface area contributed by atoms with Crippen LogP contribution in [0, 0.1) is 11.3 Å². The molecular formula is C11H29N. The number of nitrogens with one attached hydrogen (secondary N) is 1. The molecule has 0 spiro atoms. The zero-order valence-electron chi connectivity index (χ0n) is 10.6. The summed E-state index contributed by atoms with van der Waals surface area (Å²) >= 11 is 0. The fourth-order valence-corrected chi connectivity index (χ4v) is 0. The maximum absolute atomic E-state index is 2.75. The molecule has 1 heteroatoms. The van der Waals surface area contributed by atoms with Gasteiger partial charge in [-0.05, 0) is 25.4 Å². The molecule has 78 valence electrons. The summed E-state index contributed by atoms with van der Waals surface area (Å²) in [4.78, 5) is 0. The second-order valence-electron chi connectivity index (χ2n) is 5.23. The minimum absolute atomic E-state index is 0.500. The summed E-state index contributed by atoms with van der Waals surface area (Å²) in [6.07, 6.45) is 0. The highest BCUT2D eigenvalue weighted by Crippen LogP contribution is 2.07. The molecule has 0 aliphatic rings. The van der Waals surface area contributed by atoms with Crippen molar-refractivity contribution < 1.29 is 0 Å². The van der Waals surface area contributed by atoms with E-state index in [9.17, 15) is 0 Å². The first-order valence-electron chi connectivity index (χ1n) is 4.73. The summed E-state index contributed by atoms with van der Waals surface area (Å²) in [7, 11) is 3.75. The van der Waals surface area contributed by atoms with Crippen LogP contribution in [-0.2, 0) is 0 Å². The van der Waals surface area contributed by atoms with Crippen molar-refractivity contribution in [3.8, 4) is 0 Å². The van der Waals surface area contributed by atoms with Gasteiger partial charge in [0.2, 0.25) is 0 Å². The standard InChI is InChI=1S/C5H12.C4H10.C2H7N/c1-5(2,3)4;1-4(2)3;1-3-2/h1-4H3;4H,1-3H3;3H,1-2H3. The van der Waals surface area contributed by atoms with E-state index in [2.05, 4.69) is 53.8 Å². The molecule has 0 atom stereocenters. The molecule has 1 nitrogen and oxygen atoms in total. The second kappa shape index (κ2) is 11.0. The summed E-state index contributed by atoms with van der Waals surface area (Å²) in [5, 5.41) is 2.75. The normalized spacial score (nSPS) is 9.50. The van der Waals surface area contributed by atoms with Crippen LogP contribution in [0.25, 0.3) is 0 Å². The summed E-state index contributed by atoms with van der Waals surface area (Å²) in [5.41, 5.74) is 0.500. The minimum atomic E-state index is 0.500. The summed E-state index contributed by atoms with van der Waals surface area (Å²) in [5.74, 6) is 0.833. The molecule has 0 aliphatic carbocycles. The quantitative estimate of drug-likeness (QED) is 0.593. The van der Waals surface area contributed by atoms with Gasteiger partial charge in [-0.25, -0.2) is 0 Å². The topological polar surface area (TPSA) is 12.0 Å². The molecule has 0 saturated carbocycles. The van der Waals surface area contributed by atoms with Crippen molar-refractivity contribution >= 4 is 0 Å². The summed E-state index contributed by atoms with van der Waals surface area (Å²) in [6.45, 7) is 15.2. The Morgan fingerprint density at radius 2 is 0.833 bits per heavy atom. The monoisotopic (exact) mass is 175 g/mol. The third-order valence-corrected chi connectivity index (χ3v) is 0. The van der Waals surface area contributed by atoms with Crippen molar-refractivity contribution in [1.82, 2.24) is 5.32 Å². The van der Waals surface area contributed by atoms with E-state index in [0.29, 0.717) is 5.41 Å². The zero-order valence-corrected chi connectivity index (χ0v) is 10.6. The smallest absolute Gasteiger partial charge is 0.0167 e. The molecule has 0 aromatic heterocycles. The van der Waals surface area contributed by atoms with Crippen LogP contribution in [-0.4, -0.2) is 14.1 Å². The van der Waals surface area contributed by atoms with Crippen LogP contribution in [0.15, 0.2) is 0 Å². The summed E-state index contributed by atoms with van der Waals surface area (Å²) in [6, 6.07) is 0. The van der Waals surface area contributed by atoms with Gasteiger partial charge in [0, 0.05) is 0 Å². The Balaban J connectivity index is -0.000000105. The van der Waals surface area contributed by atoms with E-state index >= 15 is 0 Å². The average Bonchev–Trinajstić information content (AvgIpc) is 1.56. The van der Waals surface area contributed by atoms with Gasteiger partial charge in [0.25, 0.3) is 0 Å². The number of rotatable bonds is 0. The Labute approximate surface area is 80.0 Å². The van der Waals surface area contributed by atoms with Crippen molar-refractivity contribution in [3.05, 3.63) is 0 Å². The van der Waals surface area contributed by atoms with Gasteiger partial charge in [0.15, 0.2) is 0 Å². The lowest BCUT2D eigenvalue weighted by Gasteiger charge is -2.05. The van der Waals surface area contributed by atoms with Gasteiger partial charge < -0.3 is 5.32 Å². The lowest BCUT2D eigenvalue weighted by molar-refractivity contribution is 0.469. The first-order chi connectivity index (χ1) is 5.15. The minimum Gasteiger partial charge on any atom is -0.323 e. The van der Waals surface area contributed by atoms with E-state index in [0.717, 1.165) is 5.92 Å². The van der Waals surface area contributed by atoms with Crippen LogP contribution in [0.2, 0.25) is 0 Å². The van der Waals surface area contributed by atoms with Gasteiger partial charge in [-0.2, -0.15) is 0 Å². The van der Waals surface area contributed by atoms with Gasteiger partial charge in [-0.1, -0.05) is 48.5 Å². The Kier molecular flexibility index (Phi) is 16.3. The highest BCUT2D eigenvalue weighted by molar-refractivity contribution is 4.47. The fraction of sp³-hybridized carbons (Fsp3) is 1.00. The molecule has 1 N–H and O–H groups in total. The third kappa shape index (κ3) is 500000. The van der Waals surface area contributed by atoms with Crippen LogP contribution in [0.4, 0.5) is 0 Å². The van der Waals surface area contributed by atoms with E-state index < -0.39 is 0 Å². The lowest BCUT2D eigenvalue weighted by Crippen LogP contribution is -1.93. The molecule has 0 radical (unpaired) electrons. The molecule has 0 aliphatic heterocycles. The van der Waals surface area contributed by atoms with Crippen LogP contribution < -0.4 is 5.32 Å². The summed E-state index contributed by atoms with van der Waals surface area (Å²) < 4.78 is 0. The van der Waals surface area contributed by atoms with E-state index in [1.807, 2.05) is 14.1 Å². The fourth-order valence-electron chi connectivity index (χ4n) is 0. The van der Waals surface area contributed by atoms with Gasteiger partial charge in [-0.15, -0.1) is 0 Å². The van der Waals surface area contributed by atoms with E-state index in [1.54, 1.807) is 0 Å². The van der Waals surface area contributed by atoms with Crippen LogP contribution in [0.5, 0.6) is 0 Å². The van der Waals surface area contributed by atoms with Crippen molar-refractivity contribution in [3.63, 3.8) is 0 Å². The van der Waals surface area contributed by atoms with E-state index in [4.69, 9.17) is 0 Å². The van der Waals surface area contributed by atoms with Crippen molar-refractivity contribution in [1.29, 1.82) is 0 Å². The molecular weight excluding hydrogens is 146 g/mol. The van der Waals surface area contributed by atoms with Gasteiger partial charge in [0.1, 0.15) is 0 Å². The lowest BCUT2D eigenvalue weighted by atomic mass is 10.0. The van der Waals surface area contributed by atoms with Crippen molar-refractivity contribution in [2.45, 2.75) is 48.5 Å². The first kappa shape index (κ1) is 17.9. The molecule has 0 fully saturated rings. The van der Waals surface area contributed by atoms with E-state index in [-0.39, 0.29) is 0 Å². The Bertz CT molecular complexity index is 51.1. The van der Waals surface area contributed by atoms with Crippen LogP contribution >= 0.6 is 0 Å². The molecule has 0 rings (SSSR count). The van der Waals surface area contributed by atoms with Gasteiger partial charge in [0.05, 0.1) is 0 Å². The van der Waals surface area contributed by atoms with Crippen LogP contribution in [0.3, 0.4) is 0 Å². The highest BCUT2D eigenvalue weighted by Gasteiger charge is 1.95. The predicted molar refractivity (Wildman–Crippen MR) is 60.6 cm³/mol. The SMILES string of the molecule is CC(C)(C)C.CC(C)C.CNC. The molecule has 0 saturated heterocycles. The Morgan fingerprint density at radius 1 is 0.833 bits per heavy atom. The van der Waals surface area contributed by atoms with Crippen molar-refractivity contribution in [2.75, 3.05) is 14.1 Å². The van der Waals surface area contributed by atoms with Crippen molar-refractivity contribution in [2.24, 2.45) is 11.3 Å². The van der Waals surface area contributed by atoms with Gasteiger partial charge >= 0.3 is 0 Å². The third-order valence-electron chi connectivity index (χ3n) is 0. The average molecular weight is 175 g/mol. The second-order valence-corrected chi connectivity index (χ2v) is 5.23. The molecule has 0 heterocycles. The van der Waals surface area contributed by atoms with Gasteiger partial charge in [-0.3, -0.25) is 0 Å². The van der Waals surface area contributed by atoms with Crippen LogP contribution in [0.1, 0.15) is 48.5 Å². The number of hydrogen-bond acceptors (Lipinski definition) is 1. The molecule has 12 heavy (non-hydrogen) atoms. The molecule has 0 aromatic carbocycles.